The highest BCUT2D eigenvalue weighted by Gasteiger charge is 2.16. The van der Waals surface area contributed by atoms with Gasteiger partial charge in [-0.05, 0) is 5.92 Å². The maximum atomic E-state index is 11.6. The number of urea groups is 1. The van der Waals surface area contributed by atoms with Crippen molar-refractivity contribution in [1.82, 2.24) is 15.1 Å². The lowest BCUT2D eigenvalue weighted by atomic mass is 9.97. The van der Waals surface area contributed by atoms with Gasteiger partial charge in [0.05, 0.1) is 18.0 Å². The lowest BCUT2D eigenvalue weighted by Gasteiger charge is -2.20. The molecule has 0 spiro atoms. The predicted octanol–water partition coefficient (Wildman–Crippen LogP) is 1.34. The molecule has 0 aliphatic carbocycles. The molecule has 1 unspecified atom stereocenters. The van der Waals surface area contributed by atoms with Gasteiger partial charge in [0.25, 0.3) is 0 Å². The van der Waals surface area contributed by atoms with Gasteiger partial charge in [0.15, 0.2) is 0 Å². The minimum atomic E-state index is -0.500. The normalized spacial score (nSPS) is 12.5. The largest absolute Gasteiger partial charge is 0.391 e. The van der Waals surface area contributed by atoms with E-state index in [1.165, 1.54) is 0 Å². The fourth-order valence-electron chi connectivity index (χ4n) is 1.86. The molecule has 1 aromatic heterocycles. The molecule has 0 aliphatic rings. The zero-order valence-electron chi connectivity index (χ0n) is 11.2. The van der Waals surface area contributed by atoms with Crippen LogP contribution in [0.1, 0.15) is 26.7 Å². The van der Waals surface area contributed by atoms with Gasteiger partial charge in [0.1, 0.15) is 0 Å². The van der Waals surface area contributed by atoms with Crippen LogP contribution < -0.4 is 10.6 Å². The van der Waals surface area contributed by atoms with Crippen molar-refractivity contribution < 1.29 is 9.90 Å². The van der Waals surface area contributed by atoms with Crippen LogP contribution in [0.25, 0.3) is 0 Å². The molecule has 6 heteroatoms. The number of carbonyl (C=O) groups excluding carboxylic acids is 1. The first-order valence-electron chi connectivity index (χ1n) is 6.28. The van der Waals surface area contributed by atoms with Crippen molar-refractivity contribution in [1.29, 1.82) is 0 Å². The molecule has 3 N–H and O–H groups in total. The van der Waals surface area contributed by atoms with E-state index >= 15 is 0 Å². The Balaban J connectivity index is 2.32. The molecule has 0 saturated carbocycles. The molecular weight excluding hydrogens is 232 g/mol. The molecule has 102 valence electrons. The molecule has 0 radical (unpaired) electrons. The van der Waals surface area contributed by atoms with E-state index in [9.17, 15) is 9.90 Å². The molecule has 0 fully saturated rings. The lowest BCUT2D eigenvalue weighted by Crippen LogP contribution is -2.38. The van der Waals surface area contributed by atoms with E-state index in [0.717, 1.165) is 12.8 Å². The van der Waals surface area contributed by atoms with Crippen molar-refractivity contribution in [3.8, 4) is 0 Å². The minimum absolute atomic E-state index is 0.226. The molecule has 0 aliphatic heterocycles. The monoisotopic (exact) mass is 254 g/mol. The van der Waals surface area contributed by atoms with E-state index in [2.05, 4.69) is 15.7 Å². The second-order valence-corrected chi connectivity index (χ2v) is 4.38. The van der Waals surface area contributed by atoms with E-state index in [4.69, 9.17) is 0 Å². The Labute approximate surface area is 107 Å². The molecule has 2 amide bonds. The van der Waals surface area contributed by atoms with Gasteiger partial charge < -0.3 is 15.7 Å². The van der Waals surface area contributed by atoms with Crippen molar-refractivity contribution in [2.75, 3.05) is 11.9 Å². The number of nitrogens with one attached hydrogen (secondary N) is 2. The molecule has 18 heavy (non-hydrogen) atoms. The third-order valence-electron chi connectivity index (χ3n) is 3.03. The molecule has 1 aromatic rings. The van der Waals surface area contributed by atoms with Crippen LogP contribution in [0.3, 0.4) is 0 Å². The van der Waals surface area contributed by atoms with Gasteiger partial charge in [0.2, 0.25) is 0 Å². The van der Waals surface area contributed by atoms with Gasteiger partial charge >= 0.3 is 6.03 Å². The zero-order chi connectivity index (χ0) is 13.5. The molecule has 1 atom stereocenters. The highest BCUT2D eigenvalue weighted by atomic mass is 16.3. The second-order valence-electron chi connectivity index (χ2n) is 4.38. The Bertz CT molecular complexity index is 374. The van der Waals surface area contributed by atoms with Crippen molar-refractivity contribution >= 4 is 11.7 Å². The third kappa shape index (κ3) is 4.37. The van der Waals surface area contributed by atoms with Crippen LogP contribution in [0.2, 0.25) is 0 Å². The molecule has 6 nitrogen and oxygen atoms in total. The van der Waals surface area contributed by atoms with Crippen LogP contribution >= 0.6 is 0 Å². The number of hydrogen-bond donors (Lipinski definition) is 3. The number of nitrogens with zero attached hydrogens (tertiary/aromatic N) is 2. The number of aryl methyl sites for hydroxylation is 1. The van der Waals surface area contributed by atoms with Gasteiger partial charge in [-0.3, -0.25) is 4.68 Å². The summed E-state index contributed by atoms with van der Waals surface area (Å²) in [7, 11) is 1.78. The van der Waals surface area contributed by atoms with E-state index < -0.39 is 6.10 Å². The number of amides is 2. The quantitative estimate of drug-likeness (QED) is 0.716. The molecular formula is C12H22N4O2. The van der Waals surface area contributed by atoms with Crippen LogP contribution in [0.4, 0.5) is 10.5 Å². The van der Waals surface area contributed by atoms with Gasteiger partial charge in [-0.15, -0.1) is 0 Å². The first kappa shape index (κ1) is 14.5. The third-order valence-corrected chi connectivity index (χ3v) is 3.03. The standard InChI is InChI=1S/C12H22N4O2/c1-4-9(5-2)11(17)7-13-12(18)15-10-6-14-16(3)8-10/h6,8-9,11,17H,4-5,7H2,1-3H3,(H2,13,15,18). The van der Waals surface area contributed by atoms with Crippen molar-refractivity contribution in [3.63, 3.8) is 0 Å². The Kier molecular flexibility index (Phi) is 5.64. The Hall–Kier alpha value is -1.56. The first-order chi connectivity index (χ1) is 8.56. The topological polar surface area (TPSA) is 79.2 Å². The lowest BCUT2D eigenvalue weighted by molar-refractivity contribution is 0.104. The van der Waals surface area contributed by atoms with Crippen LogP contribution in [0.15, 0.2) is 12.4 Å². The van der Waals surface area contributed by atoms with Crippen molar-refractivity contribution in [2.45, 2.75) is 32.8 Å². The van der Waals surface area contributed by atoms with Crippen LogP contribution in [0, 0.1) is 5.92 Å². The summed E-state index contributed by atoms with van der Waals surface area (Å²) in [5, 5.41) is 19.1. The number of anilines is 1. The fourth-order valence-corrected chi connectivity index (χ4v) is 1.86. The van der Waals surface area contributed by atoms with Gasteiger partial charge in [-0.1, -0.05) is 26.7 Å². The van der Waals surface area contributed by atoms with E-state index in [-0.39, 0.29) is 18.5 Å². The summed E-state index contributed by atoms with van der Waals surface area (Å²) in [5.74, 6) is 0.226. The van der Waals surface area contributed by atoms with E-state index in [0.29, 0.717) is 5.69 Å². The highest BCUT2D eigenvalue weighted by Crippen LogP contribution is 2.12. The van der Waals surface area contributed by atoms with Gasteiger partial charge in [0, 0.05) is 19.8 Å². The number of aromatic nitrogens is 2. The molecule has 1 heterocycles. The predicted molar refractivity (Wildman–Crippen MR) is 70.3 cm³/mol. The number of aliphatic hydroxyl groups is 1. The second kappa shape index (κ2) is 7.00. The van der Waals surface area contributed by atoms with Crippen molar-refractivity contribution in [3.05, 3.63) is 12.4 Å². The number of carbonyl (C=O) groups is 1. The summed E-state index contributed by atoms with van der Waals surface area (Å²) in [6.07, 6.45) is 4.58. The Morgan fingerprint density at radius 3 is 2.67 bits per heavy atom. The first-order valence-corrected chi connectivity index (χ1v) is 6.28. The van der Waals surface area contributed by atoms with E-state index in [1.807, 2.05) is 13.8 Å². The number of aliphatic hydroxyl groups excluding tert-OH is 1. The zero-order valence-corrected chi connectivity index (χ0v) is 11.2. The molecule has 1 rings (SSSR count). The van der Waals surface area contributed by atoms with Crippen LogP contribution in [0.5, 0.6) is 0 Å². The maximum Gasteiger partial charge on any atom is 0.319 e. The summed E-state index contributed by atoms with van der Waals surface area (Å²) in [6, 6.07) is -0.326. The average molecular weight is 254 g/mol. The summed E-state index contributed by atoms with van der Waals surface area (Å²) in [5.41, 5.74) is 0.632. The minimum Gasteiger partial charge on any atom is -0.391 e. The molecule has 0 aromatic carbocycles. The van der Waals surface area contributed by atoms with Crippen molar-refractivity contribution in [2.24, 2.45) is 13.0 Å². The van der Waals surface area contributed by atoms with E-state index in [1.54, 1.807) is 24.1 Å². The summed E-state index contributed by atoms with van der Waals surface area (Å²) >= 11 is 0. The average Bonchev–Trinajstić information content (AvgIpc) is 2.73. The van der Waals surface area contributed by atoms with Gasteiger partial charge in [-0.2, -0.15) is 5.10 Å². The Morgan fingerprint density at radius 1 is 1.50 bits per heavy atom. The number of hydrogen-bond acceptors (Lipinski definition) is 3. The van der Waals surface area contributed by atoms with Crippen LogP contribution in [-0.2, 0) is 7.05 Å². The van der Waals surface area contributed by atoms with Crippen LogP contribution in [-0.4, -0.2) is 33.6 Å². The van der Waals surface area contributed by atoms with Gasteiger partial charge in [-0.25, -0.2) is 4.79 Å². The summed E-state index contributed by atoms with van der Waals surface area (Å²) in [6.45, 7) is 4.33. The highest BCUT2D eigenvalue weighted by molar-refractivity contribution is 5.88. The summed E-state index contributed by atoms with van der Waals surface area (Å²) < 4.78 is 1.61. The molecule has 0 bridgehead atoms. The summed E-state index contributed by atoms with van der Waals surface area (Å²) in [4.78, 5) is 11.6. The Morgan fingerprint density at radius 2 is 2.17 bits per heavy atom. The maximum absolute atomic E-state index is 11.6. The fraction of sp³-hybridized carbons (Fsp3) is 0.667. The smallest absolute Gasteiger partial charge is 0.319 e. The molecule has 0 saturated heterocycles. The number of rotatable bonds is 6. The SMILES string of the molecule is CCC(CC)C(O)CNC(=O)Nc1cnn(C)c1.